The van der Waals surface area contributed by atoms with Crippen molar-refractivity contribution in [2.45, 2.75) is 6.04 Å². The molecule has 1 unspecified atom stereocenters. The van der Waals surface area contributed by atoms with Crippen molar-refractivity contribution < 1.29 is 9.90 Å². The molecule has 2 aromatic rings. The molecule has 18 heavy (non-hydrogen) atoms. The number of aromatic nitrogens is 1. The second-order valence-corrected chi connectivity index (χ2v) is 4.45. The van der Waals surface area contributed by atoms with Crippen LogP contribution in [0.15, 0.2) is 35.8 Å². The van der Waals surface area contributed by atoms with Gasteiger partial charge in [-0.2, -0.15) is 5.26 Å². The summed E-state index contributed by atoms with van der Waals surface area (Å²) >= 11 is 1.36. The van der Waals surface area contributed by atoms with Crippen molar-refractivity contribution in [3.63, 3.8) is 0 Å². The Bertz CT molecular complexity index is 590. The van der Waals surface area contributed by atoms with Crippen molar-refractivity contribution in [2.24, 2.45) is 0 Å². The van der Waals surface area contributed by atoms with E-state index in [1.807, 2.05) is 11.4 Å². The standard InChI is InChI=1S/C12H9N3O2S/c13-7-9-6-8(3-4-14-9)15-11(12(16)17)10-2-1-5-18-10/h1-6,11H,(H,14,15)(H,16,17). The van der Waals surface area contributed by atoms with E-state index in [4.69, 9.17) is 5.26 Å². The number of aliphatic carboxylic acids is 1. The van der Waals surface area contributed by atoms with Gasteiger partial charge in [-0.25, -0.2) is 9.78 Å². The van der Waals surface area contributed by atoms with E-state index in [0.29, 0.717) is 10.6 Å². The van der Waals surface area contributed by atoms with Crippen LogP contribution < -0.4 is 5.32 Å². The summed E-state index contributed by atoms with van der Waals surface area (Å²) in [4.78, 5) is 15.8. The first-order valence-electron chi connectivity index (χ1n) is 5.09. The third-order valence-corrected chi connectivity index (χ3v) is 3.20. The maximum atomic E-state index is 11.2. The molecule has 0 saturated heterocycles. The van der Waals surface area contributed by atoms with E-state index in [-0.39, 0.29) is 5.69 Å². The fourth-order valence-corrected chi connectivity index (χ4v) is 2.23. The number of carboxylic acid groups (broad SMARTS) is 1. The summed E-state index contributed by atoms with van der Waals surface area (Å²) in [6.07, 6.45) is 1.47. The Morgan fingerprint density at radius 3 is 3.00 bits per heavy atom. The van der Waals surface area contributed by atoms with Crippen LogP contribution in [0.2, 0.25) is 0 Å². The molecule has 2 aromatic heterocycles. The lowest BCUT2D eigenvalue weighted by Gasteiger charge is -2.14. The molecule has 0 fully saturated rings. The van der Waals surface area contributed by atoms with Crippen LogP contribution >= 0.6 is 11.3 Å². The highest BCUT2D eigenvalue weighted by molar-refractivity contribution is 7.10. The van der Waals surface area contributed by atoms with E-state index in [0.717, 1.165) is 0 Å². The van der Waals surface area contributed by atoms with Crippen molar-refractivity contribution in [3.05, 3.63) is 46.4 Å². The number of hydrogen-bond donors (Lipinski definition) is 2. The fraction of sp³-hybridized carbons (Fsp3) is 0.0833. The van der Waals surface area contributed by atoms with Gasteiger partial charge >= 0.3 is 5.97 Å². The highest BCUT2D eigenvalue weighted by Crippen LogP contribution is 2.23. The first kappa shape index (κ1) is 12.1. The Kier molecular flexibility index (Phi) is 3.55. The Hall–Kier alpha value is -2.39. The number of rotatable bonds is 4. The van der Waals surface area contributed by atoms with Gasteiger partial charge in [0.2, 0.25) is 0 Å². The highest BCUT2D eigenvalue weighted by Gasteiger charge is 2.20. The highest BCUT2D eigenvalue weighted by atomic mass is 32.1. The molecule has 0 saturated carbocycles. The molecule has 0 aromatic carbocycles. The molecule has 0 bridgehead atoms. The van der Waals surface area contributed by atoms with Crippen LogP contribution in [0.5, 0.6) is 0 Å². The summed E-state index contributed by atoms with van der Waals surface area (Å²) in [5, 5.41) is 22.6. The lowest BCUT2D eigenvalue weighted by Crippen LogP contribution is -2.19. The topological polar surface area (TPSA) is 86.0 Å². The normalized spacial score (nSPS) is 11.5. The van der Waals surface area contributed by atoms with Crippen LogP contribution in [-0.4, -0.2) is 16.1 Å². The van der Waals surface area contributed by atoms with Gasteiger partial charge in [0.05, 0.1) is 0 Å². The Balaban J connectivity index is 2.24. The number of hydrogen-bond acceptors (Lipinski definition) is 5. The van der Waals surface area contributed by atoms with Crippen LogP contribution in [-0.2, 0) is 4.79 Å². The summed E-state index contributed by atoms with van der Waals surface area (Å²) in [5.74, 6) is -0.965. The molecule has 0 aliphatic heterocycles. The molecule has 2 rings (SSSR count). The summed E-state index contributed by atoms with van der Waals surface area (Å²) in [7, 11) is 0. The summed E-state index contributed by atoms with van der Waals surface area (Å²) < 4.78 is 0. The lowest BCUT2D eigenvalue weighted by atomic mass is 10.2. The molecule has 0 spiro atoms. The van der Waals surface area contributed by atoms with E-state index >= 15 is 0 Å². The first-order valence-corrected chi connectivity index (χ1v) is 5.97. The minimum absolute atomic E-state index is 0.246. The number of pyridine rings is 1. The Morgan fingerprint density at radius 1 is 1.56 bits per heavy atom. The molecule has 2 heterocycles. The molecule has 0 amide bonds. The van der Waals surface area contributed by atoms with Crippen LogP contribution in [0.25, 0.3) is 0 Å². The number of carboxylic acids is 1. The molecule has 1 atom stereocenters. The molecular weight excluding hydrogens is 250 g/mol. The second-order valence-electron chi connectivity index (χ2n) is 3.47. The maximum absolute atomic E-state index is 11.2. The van der Waals surface area contributed by atoms with Gasteiger partial charge in [0.15, 0.2) is 6.04 Å². The van der Waals surface area contributed by atoms with Gasteiger partial charge in [0.1, 0.15) is 11.8 Å². The largest absolute Gasteiger partial charge is 0.479 e. The van der Waals surface area contributed by atoms with E-state index in [1.165, 1.54) is 23.6 Å². The van der Waals surface area contributed by atoms with Gasteiger partial charge in [-0.05, 0) is 23.6 Å². The van der Waals surface area contributed by atoms with Gasteiger partial charge in [0.25, 0.3) is 0 Å². The maximum Gasteiger partial charge on any atom is 0.331 e. The zero-order valence-electron chi connectivity index (χ0n) is 9.20. The molecule has 0 radical (unpaired) electrons. The number of thiophene rings is 1. The van der Waals surface area contributed by atoms with Crippen molar-refractivity contribution in [2.75, 3.05) is 5.32 Å². The quantitative estimate of drug-likeness (QED) is 0.879. The molecule has 0 aliphatic carbocycles. The average molecular weight is 259 g/mol. The Morgan fingerprint density at radius 2 is 2.39 bits per heavy atom. The van der Waals surface area contributed by atoms with Crippen LogP contribution in [0.1, 0.15) is 16.6 Å². The zero-order chi connectivity index (χ0) is 13.0. The third-order valence-electron chi connectivity index (χ3n) is 2.26. The summed E-state index contributed by atoms with van der Waals surface area (Å²) in [6, 6.07) is 7.78. The van der Waals surface area contributed by atoms with Crippen LogP contribution in [0.3, 0.4) is 0 Å². The number of nitriles is 1. The number of nitrogens with zero attached hydrogens (tertiary/aromatic N) is 2. The smallest absolute Gasteiger partial charge is 0.331 e. The fourth-order valence-electron chi connectivity index (χ4n) is 1.46. The van der Waals surface area contributed by atoms with Gasteiger partial charge in [-0.3, -0.25) is 0 Å². The van der Waals surface area contributed by atoms with E-state index in [9.17, 15) is 9.90 Å². The lowest BCUT2D eigenvalue weighted by molar-refractivity contribution is -0.138. The number of nitrogens with one attached hydrogen (secondary N) is 1. The Labute approximate surface area is 107 Å². The first-order chi connectivity index (χ1) is 8.70. The van der Waals surface area contributed by atoms with Gasteiger partial charge in [0, 0.05) is 16.8 Å². The van der Waals surface area contributed by atoms with Crippen LogP contribution in [0, 0.1) is 11.3 Å². The third kappa shape index (κ3) is 2.64. The molecular formula is C12H9N3O2S. The SMILES string of the molecule is N#Cc1cc(NC(C(=O)O)c2cccs2)ccn1. The molecule has 2 N–H and O–H groups in total. The molecule has 0 aliphatic rings. The number of anilines is 1. The van der Waals surface area contributed by atoms with Gasteiger partial charge < -0.3 is 10.4 Å². The van der Waals surface area contributed by atoms with Crippen molar-refractivity contribution in [3.8, 4) is 6.07 Å². The minimum Gasteiger partial charge on any atom is -0.479 e. The van der Waals surface area contributed by atoms with E-state index in [2.05, 4.69) is 10.3 Å². The summed E-state index contributed by atoms with van der Waals surface area (Å²) in [6.45, 7) is 0. The minimum atomic E-state index is -0.965. The van der Waals surface area contributed by atoms with E-state index in [1.54, 1.807) is 18.2 Å². The van der Waals surface area contributed by atoms with E-state index < -0.39 is 12.0 Å². The van der Waals surface area contributed by atoms with Gasteiger partial charge in [-0.1, -0.05) is 6.07 Å². The second kappa shape index (κ2) is 5.29. The molecule has 90 valence electrons. The van der Waals surface area contributed by atoms with Crippen molar-refractivity contribution in [1.82, 2.24) is 4.98 Å². The predicted molar refractivity (Wildman–Crippen MR) is 67.3 cm³/mol. The van der Waals surface area contributed by atoms with Crippen LogP contribution in [0.4, 0.5) is 5.69 Å². The molecule has 6 heteroatoms. The number of carbonyl (C=O) groups is 1. The van der Waals surface area contributed by atoms with Crippen molar-refractivity contribution >= 4 is 23.0 Å². The van der Waals surface area contributed by atoms with Crippen molar-refractivity contribution in [1.29, 1.82) is 5.26 Å². The monoisotopic (exact) mass is 259 g/mol. The molecule has 5 nitrogen and oxygen atoms in total. The average Bonchev–Trinajstić information content (AvgIpc) is 2.89. The summed E-state index contributed by atoms with van der Waals surface area (Å²) in [5.41, 5.74) is 0.803. The predicted octanol–water partition coefficient (Wildman–Crippen LogP) is 2.25. The van der Waals surface area contributed by atoms with Gasteiger partial charge in [-0.15, -0.1) is 11.3 Å². The zero-order valence-corrected chi connectivity index (χ0v) is 10.0.